The number of carbonyl (C=O) groups is 1. The van der Waals surface area contributed by atoms with Crippen molar-refractivity contribution in [3.63, 3.8) is 0 Å². The lowest BCUT2D eigenvalue weighted by atomic mass is 10.0. The Balaban J connectivity index is 2.32. The number of nitriles is 1. The molecule has 0 atom stereocenters. The molecule has 1 N–H and O–H groups in total. The number of nitrogens with one attached hydrogen (secondary N) is 1. The lowest BCUT2D eigenvalue weighted by Gasteiger charge is -2.12. The van der Waals surface area contributed by atoms with Crippen LogP contribution in [0.5, 0.6) is 0 Å². The van der Waals surface area contributed by atoms with E-state index in [1.165, 1.54) is 6.07 Å². The third kappa shape index (κ3) is 4.03. The molecule has 0 aliphatic rings. The molecule has 8 heteroatoms. The summed E-state index contributed by atoms with van der Waals surface area (Å²) in [5, 5.41) is 16.0. The Morgan fingerprint density at radius 1 is 1.40 bits per heavy atom. The Morgan fingerprint density at radius 3 is 2.68 bits per heavy atom. The van der Waals surface area contributed by atoms with Crippen molar-refractivity contribution in [3.05, 3.63) is 56.2 Å². The van der Waals surface area contributed by atoms with E-state index in [2.05, 4.69) is 10.4 Å². The van der Waals surface area contributed by atoms with Gasteiger partial charge in [-0.15, -0.1) is 0 Å². The molecule has 0 saturated carbocycles. The van der Waals surface area contributed by atoms with Crippen molar-refractivity contribution in [2.24, 2.45) is 0 Å². The molecule has 2 aromatic rings. The number of aromatic nitrogens is 2. The van der Waals surface area contributed by atoms with Crippen molar-refractivity contribution in [2.75, 3.05) is 5.32 Å². The first-order chi connectivity index (χ1) is 11.9. The second kappa shape index (κ2) is 7.90. The van der Waals surface area contributed by atoms with Gasteiger partial charge in [-0.2, -0.15) is 10.4 Å². The lowest BCUT2D eigenvalue weighted by molar-refractivity contribution is -0.117. The van der Waals surface area contributed by atoms with Gasteiger partial charge in [0.1, 0.15) is 24.0 Å². The van der Waals surface area contributed by atoms with Crippen LogP contribution < -0.4 is 10.9 Å². The van der Waals surface area contributed by atoms with Gasteiger partial charge in [0.05, 0.1) is 16.4 Å². The number of halogens is 2. The molecule has 25 heavy (non-hydrogen) atoms. The predicted molar refractivity (Wildman–Crippen MR) is 92.0 cm³/mol. The first-order valence-corrected chi connectivity index (χ1v) is 8.06. The van der Waals surface area contributed by atoms with E-state index in [4.69, 9.17) is 11.6 Å². The van der Waals surface area contributed by atoms with Crippen LogP contribution >= 0.6 is 11.6 Å². The number of hydrogen-bond donors (Lipinski definition) is 1. The van der Waals surface area contributed by atoms with Crippen molar-refractivity contribution in [3.8, 4) is 6.07 Å². The Morgan fingerprint density at radius 2 is 2.12 bits per heavy atom. The monoisotopic (exact) mass is 362 g/mol. The number of rotatable bonds is 5. The summed E-state index contributed by atoms with van der Waals surface area (Å²) in [7, 11) is 0. The molecule has 0 spiro atoms. The molecule has 1 aromatic carbocycles. The molecule has 0 unspecified atom stereocenters. The summed E-state index contributed by atoms with van der Waals surface area (Å²) in [5.74, 6) is -1.08. The van der Waals surface area contributed by atoms with Gasteiger partial charge in [-0.05, 0) is 36.6 Å². The highest BCUT2D eigenvalue weighted by atomic mass is 35.5. The maximum Gasteiger partial charge on any atom is 0.285 e. The van der Waals surface area contributed by atoms with Crippen LogP contribution in [0.4, 0.5) is 10.1 Å². The quantitative estimate of drug-likeness (QED) is 0.885. The minimum absolute atomic E-state index is 0.00182. The van der Waals surface area contributed by atoms with E-state index in [0.29, 0.717) is 24.1 Å². The second-order valence-corrected chi connectivity index (χ2v) is 5.66. The largest absolute Gasteiger partial charge is 0.323 e. The summed E-state index contributed by atoms with van der Waals surface area (Å²) < 4.78 is 14.0. The lowest BCUT2D eigenvalue weighted by Crippen LogP contribution is -2.33. The summed E-state index contributed by atoms with van der Waals surface area (Å²) in [5.41, 5.74) is 0.820. The zero-order valence-corrected chi connectivity index (χ0v) is 14.5. The molecule has 0 saturated heterocycles. The van der Waals surface area contributed by atoms with Crippen LogP contribution in [0, 0.1) is 17.1 Å². The van der Waals surface area contributed by atoms with Crippen molar-refractivity contribution in [1.29, 1.82) is 5.26 Å². The van der Waals surface area contributed by atoms with Crippen LogP contribution in [-0.2, 0) is 24.2 Å². The van der Waals surface area contributed by atoms with Gasteiger partial charge in [0.15, 0.2) is 0 Å². The first kappa shape index (κ1) is 18.6. The fourth-order valence-electron chi connectivity index (χ4n) is 2.46. The smallest absolute Gasteiger partial charge is 0.285 e. The normalized spacial score (nSPS) is 10.4. The van der Waals surface area contributed by atoms with E-state index in [1.807, 2.05) is 19.9 Å². The van der Waals surface area contributed by atoms with Gasteiger partial charge >= 0.3 is 0 Å². The standard InChI is InChI=1S/C17H16ClFN4O2/c1-3-11-12(8-20)17(25)23(22-14(11)4-2)9-16(24)21-15-6-5-10(19)7-13(15)18/h5-7H,3-4,9H2,1-2H3,(H,21,24). The Bertz CT molecular complexity index is 918. The van der Waals surface area contributed by atoms with Crippen molar-refractivity contribution >= 4 is 23.2 Å². The molecule has 0 bridgehead atoms. The number of benzene rings is 1. The van der Waals surface area contributed by atoms with Gasteiger partial charge in [-0.1, -0.05) is 25.4 Å². The zero-order chi connectivity index (χ0) is 18.6. The van der Waals surface area contributed by atoms with Crippen LogP contribution in [0.3, 0.4) is 0 Å². The zero-order valence-electron chi connectivity index (χ0n) is 13.8. The fraction of sp³-hybridized carbons (Fsp3) is 0.294. The number of amides is 1. The summed E-state index contributed by atoms with van der Waals surface area (Å²) >= 11 is 5.86. The average Bonchev–Trinajstić information content (AvgIpc) is 2.58. The fourth-order valence-corrected chi connectivity index (χ4v) is 2.67. The summed E-state index contributed by atoms with van der Waals surface area (Å²) in [6, 6.07) is 5.45. The van der Waals surface area contributed by atoms with Crippen molar-refractivity contribution in [2.45, 2.75) is 33.2 Å². The SMILES string of the molecule is CCc1nn(CC(=O)Nc2ccc(F)cc2Cl)c(=O)c(C#N)c1CC. The van der Waals surface area contributed by atoms with Crippen LogP contribution in [0.2, 0.25) is 5.02 Å². The van der Waals surface area contributed by atoms with Gasteiger partial charge in [-0.3, -0.25) is 9.59 Å². The number of hydrogen-bond acceptors (Lipinski definition) is 4. The third-order valence-corrected chi connectivity index (χ3v) is 3.95. The molecule has 0 aliphatic carbocycles. The van der Waals surface area contributed by atoms with Crippen LogP contribution in [0.15, 0.2) is 23.0 Å². The van der Waals surface area contributed by atoms with E-state index in [1.54, 1.807) is 0 Å². The minimum atomic E-state index is -0.614. The third-order valence-electron chi connectivity index (χ3n) is 3.64. The molecule has 0 radical (unpaired) electrons. The summed E-state index contributed by atoms with van der Waals surface area (Å²) in [6.07, 6.45) is 1.04. The Hall–Kier alpha value is -2.72. The Labute approximate surface area is 148 Å². The molecule has 0 fully saturated rings. The van der Waals surface area contributed by atoms with E-state index < -0.39 is 17.3 Å². The van der Waals surface area contributed by atoms with E-state index >= 15 is 0 Å². The summed E-state index contributed by atoms with van der Waals surface area (Å²) in [6.45, 7) is 3.32. The molecule has 2 rings (SSSR count). The van der Waals surface area contributed by atoms with Crippen LogP contribution in [0.1, 0.15) is 30.7 Å². The van der Waals surface area contributed by atoms with Gasteiger partial charge in [0.25, 0.3) is 5.56 Å². The number of aryl methyl sites for hydroxylation is 1. The average molecular weight is 363 g/mol. The number of anilines is 1. The van der Waals surface area contributed by atoms with Crippen LogP contribution in [0.25, 0.3) is 0 Å². The second-order valence-electron chi connectivity index (χ2n) is 5.25. The van der Waals surface area contributed by atoms with E-state index in [-0.39, 0.29) is 22.8 Å². The highest BCUT2D eigenvalue weighted by molar-refractivity contribution is 6.33. The van der Waals surface area contributed by atoms with Crippen molar-refractivity contribution in [1.82, 2.24) is 9.78 Å². The number of nitrogens with zero attached hydrogens (tertiary/aromatic N) is 3. The van der Waals surface area contributed by atoms with E-state index in [9.17, 15) is 19.2 Å². The maximum absolute atomic E-state index is 13.0. The molecule has 6 nitrogen and oxygen atoms in total. The van der Waals surface area contributed by atoms with Gasteiger partial charge in [0, 0.05) is 0 Å². The summed E-state index contributed by atoms with van der Waals surface area (Å²) in [4.78, 5) is 24.5. The van der Waals surface area contributed by atoms with Crippen LogP contribution in [-0.4, -0.2) is 15.7 Å². The van der Waals surface area contributed by atoms with E-state index in [0.717, 1.165) is 16.8 Å². The number of carbonyl (C=O) groups excluding carboxylic acids is 1. The highest BCUT2D eigenvalue weighted by Crippen LogP contribution is 2.22. The van der Waals surface area contributed by atoms with Crippen molar-refractivity contribution < 1.29 is 9.18 Å². The maximum atomic E-state index is 13.0. The predicted octanol–water partition coefficient (Wildman–Crippen LogP) is 2.67. The molecule has 1 aromatic heterocycles. The minimum Gasteiger partial charge on any atom is -0.323 e. The van der Waals surface area contributed by atoms with Gasteiger partial charge in [-0.25, -0.2) is 9.07 Å². The molecule has 130 valence electrons. The van der Waals surface area contributed by atoms with Gasteiger partial charge in [0.2, 0.25) is 5.91 Å². The highest BCUT2D eigenvalue weighted by Gasteiger charge is 2.17. The topological polar surface area (TPSA) is 87.8 Å². The molecule has 1 heterocycles. The molecular formula is C17H16ClFN4O2. The molecule has 0 aliphatic heterocycles. The first-order valence-electron chi connectivity index (χ1n) is 7.69. The van der Waals surface area contributed by atoms with Gasteiger partial charge < -0.3 is 5.32 Å². The Kier molecular flexibility index (Phi) is 5.88. The molecular weight excluding hydrogens is 347 g/mol. The molecule has 1 amide bonds.